The lowest BCUT2D eigenvalue weighted by molar-refractivity contribution is -0.361. The number of carbonyl (C=O) groups excluding carboxylic acids is 1. The van der Waals surface area contributed by atoms with Crippen molar-refractivity contribution in [2.24, 2.45) is 0 Å². The molecule has 8 N–H and O–H groups in total. The fourth-order valence-electron chi connectivity index (χ4n) is 6.27. The second-order valence-corrected chi connectivity index (χ2v) is 13.4. The molecular formula is C35H64O13. The molecule has 13 nitrogen and oxygen atoms in total. The third-order valence-electron chi connectivity index (χ3n) is 9.24. The summed E-state index contributed by atoms with van der Waals surface area (Å²) in [5.74, 6) is -5.50. The van der Waals surface area contributed by atoms with Crippen molar-refractivity contribution >= 4 is 5.97 Å². The van der Waals surface area contributed by atoms with Crippen LogP contribution in [0.2, 0.25) is 0 Å². The van der Waals surface area contributed by atoms with Crippen LogP contribution in [0.1, 0.15) is 129 Å². The number of cyclic esters (lactones) is 1. The van der Waals surface area contributed by atoms with Crippen molar-refractivity contribution in [3.63, 3.8) is 0 Å². The van der Waals surface area contributed by atoms with Crippen molar-refractivity contribution in [3.8, 4) is 0 Å². The Hall–Kier alpha value is -1.55. The van der Waals surface area contributed by atoms with Gasteiger partial charge in [-0.25, -0.2) is 4.79 Å². The maximum absolute atomic E-state index is 12.4. The Morgan fingerprint density at radius 3 is 1.73 bits per heavy atom. The predicted octanol–water partition coefficient (Wildman–Crippen LogP) is 3.03. The number of ether oxygens (including phenoxy) is 4. The molecule has 0 spiro atoms. The molecule has 0 aromatic carbocycles. The van der Waals surface area contributed by atoms with E-state index in [1.165, 1.54) is 89.9 Å². The lowest BCUT2D eigenvalue weighted by Gasteiger charge is -2.48. The number of rotatable bonds is 28. The zero-order chi connectivity index (χ0) is 35.4. The van der Waals surface area contributed by atoms with Gasteiger partial charge in [-0.3, -0.25) is 0 Å². The first-order valence-electron chi connectivity index (χ1n) is 18.3. The molecule has 2 aliphatic heterocycles. The maximum atomic E-state index is 12.4. The van der Waals surface area contributed by atoms with E-state index in [0.29, 0.717) is 6.61 Å². The van der Waals surface area contributed by atoms with Crippen molar-refractivity contribution in [2.75, 3.05) is 26.4 Å². The third-order valence-corrected chi connectivity index (χ3v) is 9.24. The van der Waals surface area contributed by atoms with E-state index in [2.05, 4.69) is 6.92 Å². The van der Waals surface area contributed by atoms with Crippen LogP contribution in [-0.2, 0) is 23.7 Å². The molecule has 1 saturated heterocycles. The highest BCUT2D eigenvalue weighted by atomic mass is 16.7. The minimum Gasteiger partial charge on any atom is -0.505 e. The van der Waals surface area contributed by atoms with E-state index in [4.69, 9.17) is 18.9 Å². The zero-order valence-corrected chi connectivity index (χ0v) is 28.9. The van der Waals surface area contributed by atoms with Crippen molar-refractivity contribution in [2.45, 2.75) is 177 Å². The van der Waals surface area contributed by atoms with Crippen molar-refractivity contribution in [1.29, 1.82) is 0 Å². The van der Waals surface area contributed by atoms with E-state index in [0.717, 1.165) is 25.7 Å². The van der Waals surface area contributed by atoms with Gasteiger partial charge in [-0.05, 0) is 6.42 Å². The van der Waals surface area contributed by atoms with Crippen LogP contribution in [-0.4, -0.2) is 122 Å². The zero-order valence-electron chi connectivity index (χ0n) is 28.9. The number of hydrogen-bond donors (Lipinski definition) is 8. The van der Waals surface area contributed by atoms with Gasteiger partial charge in [-0.15, -0.1) is 0 Å². The molecule has 2 rings (SSSR count). The number of carbonyl (C=O) groups is 1. The van der Waals surface area contributed by atoms with Gasteiger partial charge in [-0.1, -0.05) is 116 Å². The molecule has 282 valence electrons. The highest BCUT2D eigenvalue weighted by molar-refractivity contribution is 5.89. The molecule has 0 bridgehead atoms. The molecule has 0 radical (unpaired) electrons. The topological polar surface area (TPSA) is 216 Å². The largest absolute Gasteiger partial charge is 0.505 e. The number of hydrogen-bond acceptors (Lipinski definition) is 13. The van der Waals surface area contributed by atoms with Crippen LogP contribution in [0.15, 0.2) is 11.5 Å². The standard InChI is InChI=1S/C35H64O13/c1-2-3-4-5-6-7-8-9-10-11-12-13-14-15-16-17-18-19-20-45-24-27-28(40)29(41)33(43)35(47-27,21-25(38)22-36)48-32-30(42)31(26(39)23-37)46-34(32)44/h25-29,31,33,36-43H,2-24H2,1H3/t25?,26-,27+,28+,29-,31+,33+,35?/m0/s1. The quantitative estimate of drug-likeness (QED) is 0.0438. The van der Waals surface area contributed by atoms with Crippen LogP contribution in [0, 0.1) is 0 Å². The van der Waals surface area contributed by atoms with E-state index in [9.17, 15) is 45.6 Å². The van der Waals surface area contributed by atoms with E-state index >= 15 is 0 Å². The molecule has 2 aliphatic rings. The molecule has 0 aromatic heterocycles. The van der Waals surface area contributed by atoms with E-state index in [1.54, 1.807) is 0 Å². The van der Waals surface area contributed by atoms with Gasteiger partial charge in [0.25, 0.3) is 0 Å². The fraction of sp³-hybridized carbons (Fsp3) is 0.914. The van der Waals surface area contributed by atoms with Crippen molar-refractivity contribution < 1.29 is 64.6 Å². The minimum atomic E-state index is -2.44. The van der Waals surface area contributed by atoms with E-state index < -0.39 is 85.6 Å². The molecule has 2 heterocycles. The van der Waals surface area contributed by atoms with Gasteiger partial charge in [0.15, 0.2) is 11.9 Å². The Morgan fingerprint density at radius 1 is 0.750 bits per heavy atom. The monoisotopic (exact) mass is 692 g/mol. The SMILES string of the molecule is CCCCCCCCCCCCCCCCCCCCOC[C@H]1OC(CC(O)CO)(OC2=C(O)[C@@H]([C@@H](O)CO)OC2=O)[C@H](O)[C@@H](O)[C@@H]1O. The Kier molecular flexibility index (Phi) is 21.1. The molecule has 1 fully saturated rings. The van der Waals surface area contributed by atoms with E-state index in [1.807, 2.05) is 0 Å². The first kappa shape index (κ1) is 42.6. The van der Waals surface area contributed by atoms with Crippen LogP contribution >= 0.6 is 0 Å². The summed E-state index contributed by atoms with van der Waals surface area (Å²) in [4.78, 5) is 12.4. The van der Waals surface area contributed by atoms with Crippen LogP contribution in [0.5, 0.6) is 0 Å². The first-order chi connectivity index (χ1) is 23.1. The van der Waals surface area contributed by atoms with Crippen LogP contribution in [0.3, 0.4) is 0 Å². The van der Waals surface area contributed by atoms with Crippen LogP contribution in [0.4, 0.5) is 0 Å². The van der Waals surface area contributed by atoms with Crippen LogP contribution < -0.4 is 0 Å². The number of aliphatic hydroxyl groups excluding tert-OH is 8. The maximum Gasteiger partial charge on any atom is 0.378 e. The summed E-state index contributed by atoms with van der Waals surface area (Å²) in [6.07, 6.45) is 10.2. The molecule has 0 aromatic rings. The summed E-state index contributed by atoms with van der Waals surface area (Å²) in [7, 11) is 0. The van der Waals surface area contributed by atoms with Gasteiger partial charge < -0.3 is 59.8 Å². The molecule has 48 heavy (non-hydrogen) atoms. The second-order valence-electron chi connectivity index (χ2n) is 13.4. The lowest BCUT2D eigenvalue weighted by atomic mass is 9.89. The Morgan fingerprint density at radius 2 is 1.25 bits per heavy atom. The molecule has 2 unspecified atom stereocenters. The van der Waals surface area contributed by atoms with Gasteiger partial charge in [0, 0.05) is 13.0 Å². The van der Waals surface area contributed by atoms with Gasteiger partial charge >= 0.3 is 5.97 Å². The van der Waals surface area contributed by atoms with Gasteiger partial charge in [0.1, 0.15) is 30.5 Å². The summed E-state index contributed by atoms with van der Waals surface area (Å²) in [5.41, 5.74) is 0. The predicted molar refractivity (Wildman–Crippen MR) is 177 cm³/mol. The highest BCUT2D eigenvalue weighted by Crippen LogP contribution is 2.39. The lowest BCUT2D eigenvalue weighted by Crippen LogP contribution is -2.67. The summed E-state index contributed by atoms with van der Waals surface area (Å²) in [6.45, 7) is 0.708. The second kappa shape index (κ2) is 23.8. The van der Waals surface area contributed by atoms with Crippen molar-refractivity contribution in [3.05, 3.63) is 11.5 Å². The highest BCUT2D eigenvalue weighted by Gasteiger charge is 2.58. The summed E-state index contributed by atoms with van der Waals surface area (Å²) < 4.78 is 21.9. The Bertz CT molecular complexity index is 902. The number of aliphatic hydroxyl groups is 8. The summed E-state index contributed by atoms with van der Waals surface area (Å²) in [6, 6.07) is 0. The first-order valence-corrected chi connectivity index (χ1v) is 18.3. The average molecular weight is 693 g/mol. The fourth-order valence-corrected chi connectivity index (χ4v) is 6.27. The molecule has 13 heteroatoms. The summed E-state index contributed by atoms with van der Waals surface area (Å²) >= 11 is 0. The Labute approximate surface area is 285 Å². The van der Waals surface area contributed by atoms with Crippen LogP contribution in [0.25, 0.3) is 0 Å². The molecular weight excluding hydrogens is 628 g/mol. The minimum absolute atomic E-state index is 0.231. The Balaban J connectivity index is 1.70. The molecule has 8 atom stereocenters. The third kappa shape index (κ3) is 14.0. The molecule has 0 amide bonds. The smallest absolute Gasteiger partial charge is 0.378 e. The molecule has 0 saturated carbocycles. The van der Waals surface area contributed by atoms with Gasteiger partial charge in [0.05, 0.1) is 25.9 Å². The van der Waals surface area contributed by atoms with Gasteiger partial charge in [0.2, 0.25) is 11.5 Å². The number of esters is 1. The van der Waals surface area contributed by atoms with Gasteiger partial charge in [-0.2, -0.15) is 0 Å². The van der Waals surface area contributed by atoms with Crippen molar-refractivity contribution in [1.82, 2.24) is 0 Å². The molecule has 0 aliphatic carbocycles. The average Bonchev–Trinajstić information content (AvgIpc) is 3.36. The summed E-state index contributed by atoms with van der Waals surface area (Å²) in [5, 5.41) is 81.3. The number of unbranched alkanes of at least 4 members (excludes halogenated alkanes) is 17. The normalized spacial score (nSPS) is 27.3. The van der Waals surface area contributed by atoms with E-state index in [-0.39, 0.29) is 6.61 Å².